The Morgan fingerprint density at radius 3 is 2.19 bits per heavy atom. The maximum atomic E-state index is 12.8. The predicted molar refractivity (Wildman–Crippen MR) is 129 cm³/mol. The molecule has 0 fully saturated rings. The Kier molecular flexibility index (Phi) is 8.42. The zero-order chi connectivity index (χ0) is 24.2. The summed E-state index contributed by atoms with van der Waals surface area (Å²) < 4.78 is 36.4. The second-order valence-electron chi connectivity index (χ2n) is 7.98. The third-order valence-corrected chi connectivity index (χ3v) is 6.63. The molecule has 0 unspecified atom stereocenters. The largest absolute Gasteiger partial charge is 0.496 e. The lowest BCUT2D eigenvalue weighted by Gasteiger charge is -2.25. The van der Waals surface area contributed by atoms with Gasteiger partial charge in [-0.15, -0.1) is 0 Å². The Hall–Kier alpha value is -2.45. The number of amides is 1. The quantitative estimate of drug-likeness (QED) is 0.571. The molecule has 9 heteroatoms. The minimum Gasteiger partial charge on any atom is -0.496 e. The molecule has 1 amide bonds. The molecule has 2 aromatic rings. The van der Waals surface area contributed by atoms with E-state index in [1.165, 1.54) is 13.2 Å². The van der Waals surface area contributed by atoms with Gasteiger partial charge in [-0.05, 0) is 66.8 Å². The predicted octanol–water partition coefficient (Wildman–Crippen LogP) is 4.43. The monoisotopic (exact) mass is 482 g/mol. The molecule has 2 rings (SSSR count). The van der Waals surface area contributed by atoms with Gasteiger partial charge >= 0.3 is 0 Å². The first-order valence-corrected chi connectivity index (χ1v) is 12.4. The average molecular weight is 483 g/mol. The van der Waals surface area contributed by atoms with Crippen LogP contribution in [0, 0.1) is 6.92 Å². The fraction of sp³-hybridized carbons (Fsp3) is 0.435. The fourth-order valence-electron chi connectivity index (χ4n) is 3.52. The van der Waals surface area contributed by atoms with Crippen molar-refractivity contribution >= 4 is 33.2 Å². The van der Waals surface area contributed by atoms with Gasteiger partial charge in [0.15, 0.2) is 0 Å². The molecule has 0 aromatic heterocycles. The summed E-state index contributed by atoms with van der Waals surface area (Å²) in [4.78, 5) is 12.8. The fourth-order valence-corrected chi connectivity index (χ4v) is 4.62. The molecule has 0 saturated heterocycles. The van der Waals surface area contributed by atoms with E-state index in [4.69, 9.17) is 21.1 Å². The van der Waals surface area contributed by atoms with Crippen molar-refractivity contribution < 1.29 is 22.7 Å². The van der Waals surface area contributed by atoms with Gasteiger partial charge in [0.2, 0.25) is 15.9 Å². The van der Waals surface area contributed by atoms with Crippen LogP contribution in [0.25, 0.3) is 0 Å². The van der Waals surface area contributed by atoms with Gasteiger partial charge in [-0.2, -0.15) is 0 Å². The van der Waals surface area contributed by atoms with Crippen molar-refractivity contribution in [2.24, 2.45) is 0 Å². The van der Waals surface area contributed by atoms with Crippen LogP contribution in [0.15, 0.2) is 30.3 Å². The first-order chi connectivity index (χ1) is 14.9. The maximum Gasteiger partial charge on any atom is 0.241 e. The van der Waals surface area contributed by atoms with Gasteiger partial charge in [0.25, 0.3) is 0 Å². The first kappa shape index (κ1) is 25.8. The van der Waals surface area contributed by atoms with Gasteiger partial charge in [-0.1, -0.05) is 25.4 Å². The first-order valence-electron chi connectivity index (χ1n) is 10.2. The highest BCUT2D eigenvalue weighted by atomic mass is 35.5. The molecule has 2 aromatic carbocycles. The topological polar surface area (TPSA) is 84.9 Å². The summed E-state index contributed by atoms with van der Waals surface area (Å²) in [7, 11) is -0.625. The standard InChI is InChI=1S/C23H31ClN2O5S/c1-14(2)18-12-19(15(3)10-22(18)31-6)16(4)25-23(27)13-26(32(7,28)29)17-8-9-21(30-5)20(24)11-17/h8-12,14,16H,13H2,1-7H3,(H,25,27)/t16-/m0/s1. The molecular weight excluding hydrogens is 452 g/mol. The minimum atomic E-state index is -3.73. The molecular formula is C23H31ClN2O5S. The second-order valence-corrected chi connectivity index (χ2v) is 10.3. The summed E-state index contributed by atoms with van der Waals surface area (Å²) in [5.41, 5.74) is 3.24. The third-order valence-electron chi connectivity index (χ3n) is 5.20. The summed E-state index contributed by atoms with van der Waals surface area (Å²) in [6, 6.07) is 8.22. The number of ether oxygens (including phenoxy) is 2. The summed E-state index contributed by atoms with van der Waals surface area (Å²) in [6.45, 7) is 7.59. The van der Waals surface area contributed by atoms with E-state index in [9.17, 15) is 13.2 Å². The number of aryl methyl sites for hydroxylation is 1. The summed E-state index contributed by atoms with van der Waals surface area (Å²) in [6.07, 6.45) is 1.05. The number of halogens is 1. The number of rotatable bonds is 9. The molecule has 0 aliphatic heterocycles. The molecule has 32 heavy (non-hydrogen) atoms. The van der Waals surface area contributed by atoms with Crippen LogP contribution in [0.5, 0.6) is 11.5 Å². The molecule has 0 saturated carbocycles. The lowest BCUT2D eigenvalue weighted by Crippen LogP contribution is -2.41. The van der Waals surface area contributed by atoms with Crippen LogP contribution in [-0.2, 0) is 14.8 Å². The number of methoxy groups -OCH3 is 2. The minimum absolute atomic E-state index is 0.243. The number of anilines is 1. The lowest BCUT2D eigenvalue weighted by atomic mass is 9.93. The molecule has 0 bridgehead atoms. The second kappa shape index (κ2) is 10.4. The molecule has 0 aliphatic rings. The molecule has 0 radical (unpaired) electrons. The molecule has 1 N–H and O–H groups in total. The van der Waals surface area contributed by atoms with E-state index < -0.39 is 15.9 Å². The maximum absolute atomic E-state index is 12.8. The van der Waals surface area contributed by atoms with Gasteiger partial charge in [-0.3, -0.25) is 9.10 Å². The van der Waals surface area contributed by atoms with Crippen LogP contribution in [0.3, 0.4) is 0 Å². The van der Waals surface area contributed by atoms with E-state index >= 15 is 0 Å². The molecule has 1 atom stereocenters. The van der Waals surface area contributed by atoms with Crippen molar-refractivity contribution in [3.63, 3.8) is 0 Å². The number of hydrogen-bond acceptors (Lipinski definition) is 5. The number of sulfonamides is 1. The van der Waals surface area contributed by atoms with Gasteiger partial charge in [0.05, 0.1) is 37.2 Å². The molecule has 0 spiro atoms. The van der Waals surface area contributed by atoms with Crippen LogP contribution in [0.1, 0.15) is 49.4 Å². The summed E-state index contributed by atoms with van der Waals surface area (Å²) >= 11 is 6.15. The molecule has 176 valence electrons. The van der Waals surface area contributed by atoms with E-state index in [0.717, 1.165) is 33.0 Å². The van der Waals surface area contributed by atoms with E-state index in [1.54, 1.807) is 19.2 Å². The van der Waals surface area contributed by atoms with Crippen molar-refractivity contribution in [3.8, 4) is 11.5 Å². The number of nitrogens with zero attached hydrogens (tertiary/aromatic N) is 1. The van der Waals surface area contributed by atoms with Crippen molar-refractivity contribution in [2.45, 2.75) is 39.7 Å². The van der Waals surface area contributed by atoms with E-state index in [1.807, 2.05) is 26.0 Å². The van der Waals surface area contributed by atoms with Crippen LogP contribution < -0.4 is 19.1 Å². The number of benzene rings is 2. The SMILES string of the molecule is COc1ccc(N(CC(=O)N[C@@H](C)c2cc(C(C)C)c(OC)cc2C)S(C)(=O)=O)cc1Cl. The van der Waals surface area contributed by atoms with Crippen molar-refractivity contribution in [1.82, 2.24) is 5.32 Å². The van der Waals surface area contributed by atoms with Gasteiger partial charge in [0, 0.05) is 0 Å². The van der Waals surface area contributed by atoms with Crippen molar-refractivity contribution in [3.05, 3.63) is 52.0 Å². The Balaban J connectivity index is 2.27. The Labute approximate surface area is 195 Å². The van der Waals surface area contributed by atoms with E-state index in [0.29, 0.717) is 5.75 Å². The van der Waals surface area contributed by atoms with Crippen LogP contribution in [0.2, 0.25) is 5.02 Å². The average Bonchev–Trinajstić information content (AvgIpc) is 2.70. The third kappa shape index (κ3) is 6.07. The normalized spacial score (nSPS) is 12.4. The van der Waals surface area contributed by atoms with Gasteiger partial charge < -0.3 is 14.8 Å². The van der Waals surface area contributed by atoms with E-state index in [2.05, 4.69) is 19.2 Å². The van der Waals surface area contributed by atoms with Crippen molar-refractivity contribution in [1.29, 1.82) is 0 Å². The number of carbonyl (C=O) groups excluding carboxylic acids is 1. The Morgan fingerprint density at radius 1 is 1.06 bits per heavy atom. The molecule has 7 nitrogen and oxygen atoms in total. The van der Waals surface area contributed by atoms with Crippen LogP contribution >= 0.6 is 11.6 Å². The summed E-state index contributed by atoms with van der Waals surface area (Å²) in [5.74, 6) is 1.03. The summed E-state index contributed by atoms with van der Waals surface area (Å²) in [5, 5.41) is 3.16. The molecule has 0 aliphatic carbocycles. The number of carbonyl (C=O) groups is 1. The van der Waals surface area contributed by atoms with Gasteiger partial charge in [-0.25, -0.2) is 8.42 Å². The number of nitrogens with one attached hydrogen (secondary N) is 1. The van der Waals surface area contributed by atoms with Crippen LogP contribution in [0.4, 0.5) is 5.69 Å². The Bertz CT molecular complexity index is 1090. The smallest absolute Gasteiger partial charge is 0.241 e. The van der Waals surface area contributed by atoms with Crippen LogP contribution in [-0.4, -0.2) is 41.3 Å². The highest BCUT2D eigenvalue weighted by Gasteiger charge is 2.24. The highest BCUT2D eigenvalue weighted by molar-refractivity contribution is 7.92. The molecule has 0 heterocycles. The van der Waals surface area contributed by atoms with Gasteiger partial charge in [0.1, 0.15) is 18.0 Å². The van der Waals surface area contributed by atoms with E-state index in [-0.39, 0.29) is 29.2 Å². The Morgan fingerprint density at radius 2 is 1.69 bits per heavy atom. The zero-order valence-corrected chi connectivity index (χ0v) is 21.1. The number of hydrogen-bond donors (Lipinski definition) is 1. The lowest BCUT2D eigenvalue weighted by molar-refractivity contribution is -0.120. The van der Waals surface area contributed by atoms with Crippen molar-refractivity contribution in [2.75, 3.05) is 31.3 Å². The highest BCUT2D eigenvalue weighted by Crippen LogP contribution is 2.32. The zero-order valence-electron chi connectivity index (χ0n) is 19.5.